The molecule has 192 valence electrons. The molecule has 2 aromatic heterocycles. The first-order valence-electron chi connectivity index (χ1n) is 11.1. The van der Waals surface area contributed by atoms with E-state index in [1.54, 1.807) is 35.9 Å². The molecule has 10 nitrogen and oxygen atoms in total. The van der Waals surface area contributed by atoms with Crippen molar-refractivity contribution in [3.63, 3.8) is 0 Å². The molecule has 0 saturated heterocycles. The van der Waals surface area contributed by atoms with Crippen molar-refractivity contribution < 1.29 is 9.53 Å². The number of hydrogen-bond acceptors (Lipinski definition) is 7. The Bertz CT molecular complexity index is 1570. The second kappa shape index (κ2) is 10.6. The van der Waals surface area contributed by atoms with Gasteiger partial charge in [0.05, 0.1) is 30.7 Å². The lowest BCUT2D eigenvalue weighted by molar-refractivity contribution is -0.118. The van der Waals surface area contributed by atoms with Crippen LogP contribution in [0.2, 0.25) is 5.02 Å². The number of ether oxygens (including phenoxy) is 1. The molecule has 4 aromatic rings. The molecule has 0 fully saturated rings. The SMILES string of the molecule is COc1cn(C(C)C(=O)Nc2ccc3nn(C)cc3c2)c(=O)cc1-c1cc(Cl)ccc1N(N)/C=C(\N)Cl. The van der Waals surface area contributed by atoms with E-state index < -0.39 is 11.6 Å². The molecule has 0 aliphatic rings. The first-order chi connectivity index (χ1) is 17.6. The molecule has 0 aliphatic carbocycles. The number of carbonyl (C=O) groups is 1. The minimum atomic E-state index is -0.844. The van der Waals surface area contributed by atoms with Gasteiger partial charge < -0.3 is 15.8 Å². The maximum Gasteiger partial charge on any atom is 0.252 e. The Labute approximate surface area is 222 Å². The van der Waals surface area contributed by atoms with Crippen molar-refractivity contribution in [2.45, 2.75) is 13.0 Å². The number of benzene rings is 2. The van der Waals surface area contributed by atoms with E-state index in [1.165, 1.54) is 35.1 Å². The van der Waals surface area contributed by atoms with Crippen LogP contribution in [0.1, 0.15) is 13.0 Å². The highest BCUT2D eigenvalue weighted by atomic mass is 35.5. The third-order valence-electron chi connectivity index (χ3n) is 5.74. The molecule has 4 rings (SSSR count). The predicted molar refractivity (Wildman–Crippen MR) is 147 cm³/mol. The molecule has 12 heteroatoms. The fourth-order valence-corrected chi connectivity index (χ4v) is 4.23. The number of nitrogens with zero attached hydrogens (tertiary/aromatic N) is 4. The van der Waals surface area contributed by atoms with Gasteiger partial charge in [0.1, 0.15) is 16.9 Å². The molecule has 0 bridgehead atoms. The van der Waals surface area contributed by atoms with Crippen LogP contribution in [0, 0.1) is 0 Å². The number of carbonyl (C=O) groups excluding carboxylic acids is 1. The van der Waals surface area contributed by atoms with Crippen LogP contribution < -0.4 is 32.2 Å². The van der Waals surface area contributed by atoms with Crippen molar-refractivity contribution in [3.05, 3.63) is 81.6 Å². The number of aromatic nitrogens is 3. The average molecular weight is 542 g/mol. The number of aryl methyl sites for hydroxylation is 1. The zero-order chi connectivity index (χ0) is 26.9. The Kier molecular flexibility index (Phi) is 7.44. The highest BCUT2D eigenvalue weighted by Gasteiger charge is 2.21. The van der Waals surface area contributed by atoms with Gasteiger partial charge in [-0.25, -0.2) is 5.84 Å². The predicted octanol–water partition coefficient (Wildman–Crippen LogP) is 3.94. The van der Waals surface area contributed by atoms with Crippen LogP contribution in [-0.2, 0) is 11.8 Å². The fraction of sp³-hybridized carbons (Fsp3) is 0.160. The maximum atomic E-state index is 13.2. The molecule has 0 radical (unpaired) electrons. The van der Waals surface area contributed by atoms with Crippen molar-refractivity contribution in [2.75, 3.05) is 17.4 Å². The van der Waals surface area contributed by atoms with Gasteiger partial charge in [0.2, 0.25) is 5.91 Å². The molecule has 1 atom stereocenters. The summed E-state index contributed by atoms with van der Waals surface area (Å²) < 4.78 is 8.57. The maximum absolute atomic E-state index is 13.2. The van der Waals surface area contributed by atoms with Gasteiger partial charge >= 0.3 is 0 Å². The number of methoxy groups -OCH3 is 1. The molecule has 37 heavy (non-hydrogen) atoms. The van der Waals surface area contributed by atoms with Gasteiger partial charge in [0.15, 0.2) is 0 Å². The molecular formula is C25H25Cl2N7O3. The number of nitrogens with two attached hydrogens (primary N) is 2. The topological polar surface area (TPSA) is 133 Å². The van der Waals surface area contributed by atoms with Crippen molar-refractivity contribution in [1.82, 2.24) is 14.3 Å². The summed E-state index contributed by atoms with van der Waals surface area (Å²) in [4.78, 5) is 26.2. The van der Waals surface area contributed by atoms with E-state index in [0.29, 0.717) is 33.3 Å². The second-order valence-corrected chi connectivity index (χ2v) is 9.20. The van der Waals surface area contributed by atoms with Gasteiger partial charge in [-0.1, -0.05) is 23.2 Å². The standard InChI is InChI=1S/C25H25Cl2N7O3/c1-14(25(36)30-17-5-6-20-15(8-17)11-32(2)31-20)33-12-22(37-3)19(10-24(33)35)18-9-16(26)4-7-21(18)34(29)13-23(27)28/h4-14H,28-29H2,1-3H3,(H,30,36)/b23-13-. The number of amides is 1. The number of rotatable bonds is 7. The van der Waals surface area contributed by atoms with E-state index in [9.17, 15) is 9.59 Å². The van der Waals surface area contributed by atoms with E-state index in [4.69, 9.17) is 39.5 Å². The summed E-state index contributed by atoms with van der Waals surface area (Å²) in [5, 5.41) is 9.66. The zero-order valence-corrected chi connectivity index (χ0v) is 21.8. The summed E-state index contributed by atoms with van der Waals surface area (Å²) >= 11 is 12.0. The summed E-state index contributed by atoms with van der Waals surface area (Å²) in [5.41, 5.74) is 7.93. The fourth-order valence-electron chi connectivity index (χ4n) is 3.96. The van der Waals surface area contributed by atoms with Crippen LogP contribution in [0.3, 0.4) is 0 Å². The number of pyridine rings is 1. The first kappa shape index (κ1) is 26.1. The zero-order valence-electron chi connectivity index (χ0n) is 20.3. The van der Waals surface area contributed by atoms with E-state index in [-0.39, 0.29) is 11.1 Å². The normalized spacial score (nSPS) is 12.4. The lowest BCUT2D eigenvalue weighted by atomic mass is 10.0. The molecule has 2 aromatic carbocycles. The summed E-state index contributed by atoms with van der Waals surface area (Å²) in [7, 11) is 3.29. The smallest absolute Gasteiger partial charge is 0.252 e. The van der Waals surface area contributed by atoms with Crippen LogP contribution in [0.4, 0.5) is 11.4 Å². The molecular weight excluding hydrogens is 517 g/mol. The van der Waals surface area contributed by atoms with E-state index in [2.05, 4.69) is 10.4 Å². The van der Waals surface area contributed by atoms with E-state index in [0.717, 1.165) is 10.9 Å². The molecule has 0 aliphatic heterocycles. The summed E-state index contributed by atoms with van der Waals surface area (Å²) in [5.74, 6) is 6.06. The van der Waals surface area contributed by atoms with Crippen LogP contribution >= 0.6 is 23.2 Å². The minimum Gasteiger partial charge on any atom is -0.495 e. The average Bonchev–Trinajstić information content (AvgIpc) is 3.22. The largest absolute Gasteiger partial charge is 0.495 e. The number of hydrogen-bond donors (Lipinski definition) is 3. The van der Waals surface area contributed by atoms with Gasteiger partial charge in [-0.15, -0.1) is 0 Å². The van der Waals surface area contributed by atoms with E-state index in [1.807, 2.05) is 25.4 Å². The van der Waals surface area contributed by atoms with Gasteiger partial charge in [0, 0.05) is 46.5 Å². The van der Waals surface area contributed by atoms with Gasteiger partial charge in [-0.3, -0.25) is 23.8 Å². The molecule has 1 unspecified atom stereocenters. The van der Waals surface area contributed by atoms with Gasteiger partial charge in [0.25, 0.3) is 5.56 Å². The summed E-state index contributed by atoms with van der Waals surface area (Å²) in [6, 6.07) is 10.9. The summed E-state index contributed by atoms with van der Waals surface area (Å²) in [6.45, 7) is 1.62. The highest BCUT2D eigenvalue weighted by molar-refractivity contribution is 6.31. The quantitative estimate of drug-likeness (QED) is 0.183. The van der Waals surface area contributed by atoms with Crippen LogP contribution in [0.5, 0.6) is 5.75 Å². The van der Waals surface area contributed by atoms with Gasteiger partial charge in [-0.2, -0.15) is 5.10 Å². The number of hydrazine groups is 1. The summed E-state index contributed by atoms with van der Waals surface area (Å²) in [6.07, 6.45) is 4.65. The number of halogens is 2. The number of anilines is 2. The van der Waals surface area contributed by atoms with Crippen molar-refractivity contribution in [2.24, 2.45) is 18.6 Å². The second-order valence-electron chi connectivity index (χ2n) is 8.33. The number of nitrogens with one attached hydrogen (secondary N) is 1. The van der Waals surface area contributed by atoms with Crippen molar-refractivity contribution in [1.29, 1.82) is 0 Å². The molecule has 0 saturated carbocycles. The Hall–Kier alpha value is -3.99. The third-order valence-corrected chi connectivity index (χ3v) is 6.07. The van der Waals surface area contributed by atoms with Crippen LogP contribution in [-0.4, -0.2) is 27.4 Å². The molecule has 5 N–H and O–H groups in total. The Morgan fingerprint density at radius 3 is 2.65 bits per heavy atom. The Morgan fingerprint density at radius 2 is 1.95 bits per heavy atom. The monoisotopic (exact) mass is 541 g/mol. The van der Waals surface area contributed by atoms with Gasteiger partial charge in [-0.05, 0) is 43.3 Å². The Morgan fingerprint density at radius 1 is 1.19 bits per heavy atom. The Balaban J connectivity index is 1.69. The number of fused-ring (bicyclic) bond motifs is 1. The van der Waals surface area contributed by atoms with Crippen LogP contribution in [0.25, 0.3) is 22.0 Å². The third kappa shape index (κ3) is 5.56. The molecule has 0 spiro atoms. The minimum absolute atomic E-state index is 0.0340. The molecule has 1 amide bonds. The first-order valence-corrected chi connectivity index (χ1v) is 11.8. The highest BCUT2D eigenvalue weighted by Crippen LogP contribution is 2.37. The van der Waals surface area contributed by atoms with Crippen molar-refractivity contribution in [3.8, 4) is 16.9 Å². The van der Waals surface area contributed by atoms with Crippen molar-refractivity contribution >= 4 is 51.4 Å². The van der Waals surface area contributed by atoms with E-state index >= 15 is 0 Å². The molecule has 2 heterocycles. The lowest BCUT2D eigenvalue weighted by Crippen LogP contribution is -2.31. The lowest BCUT2D eigenvalue weighted by Gasteiger charge is -2.21. The van der Waals surface area contributed by atoms with Crippen LogP contribution in [0.15, 0.2) is 71.0 Å².